The van der Waals surface area contributed by atoms with Crippen molar-refractivity contribution in [2.24, 2.45) is 0 Å². The molecule has 1 saturated carbocycles. The molecule has 2 aromatic rings. The van der Waals surface area contributed by atoms with Crippen molar-refractivity contribution >= 4 is 23.3 Å². The second-order valence-electron chi connectivity index (χ2n) is 9.82. The number of aliphatic hydroxyl groups excluding tert-OH is 1. The Morgan fingerprint density at radius 2 is 1.86 bits per heavy atom. The molecule has 3 aliphatic rings. The fourth-order valence-corrected chi connectivity index (χ4v) is 5.55. The molecule has 4 atom stereocenters. The van der Waals surface area contributed by atoms with Crippen molar-refractivity contribution in [2.45, 2.75) is 75.2 Å². The van der Waals surface area contributed by atoms with E-state index in [1.165, 1.54) is 18.6 Å². The molecule has 36 heavy (non-hydrogen) atoms. The fraction of sp³-hybridized carbons (Fsp3) is 0.481. The third-order valence-corrected chi connectivity index (χ3v) is 7.26. The molecule has 1 saturated heterocycles. The molecule has 8 nitrogen and oxygen atoms in total. The fourth-order valence-electron chi connectivity index (χ4n) is 5.55. The summed E-state index contributed by atoms with van der Waals surface area (Å²) in [6.45, 7) is -0.216. The summed E-state index contributed by atoms with van der Waals surface area (Å²) in [5.41, 5.74) is 1.51. The molecule has 0 radical (unpaired) electrons. The predicted molar refractivity (Wildman–Crippen MR) is 133 cm³/mol. The van der Waals surface area contributed by atoms with E-state index in [1.807, 2.05) is 6.07 Å². The van der Waals surface area contributed by atoms with Crippen LogP contribution >= 0.6 is 0 Å². The van der Waals surface area contributed by atoms with Gasteiger partial charge in [-0.3, -0.25) is 4.79 Å². The summed E-state index contributed by atoms with van der Waals surface area (Å²) in [5.74, 6) is 0.0317. The van der Waals surface area contributed by atoms with Crippen LogP contribution in [-0.2, 0) is 9.53 Å². The Balaban J connectivity index is 1.25. The summed E-state index contributed by atoms with van der Waals surface area (Å²) < 4.78 is 26.0. The van der Waals surface area contributed by atoms with Gasteiger partial charge in [0, 0.05) is 23.2 Å². The summed E-state index contributed by atoms with van der Waals surface area (Å²) in [7, 11) is 0. The van der Waals surface area contributed by atoms with Crippen LogP contribution in [0.25, 0.3) is 0 Å². The second-order valence-corrected chi connectivity index (χ2v) is 9.82. The summed E-state index contributed by atoms with van der Waals surface area (Å²) in [4.78, 5) is 25.1. The number of carbonyl (C=O) groups is 2. The average molecular weight is 498 g/mol. The van der Waals surface area contributed by atoms with Crippen molar-refractivity contribution in [1.82, 2.24) is 5.32 Å². The minimum Gasteiger partial charge on any atom is -0.487 e. The number of hydrogen-bond acceptors (Lipinski definition) is 5. The SMILES string of the molecule is O=C(C[C@@H]1C[C@H]2c3cc(NC(=O)Nc4ccccc4F)ccc3O[C@H]2[C@@H](CO)O1)NC1CCCCC1. The molecule has 0 spiro atoms. The molecule has 3 amide bonds. The zero-order valence-corrected chi connectivity index (χ0v) is 20.0. The van der Waals surface area contributed by atoms with E-state index >= 15 is 0 Å². The quantitative estimate of drug-likeness (QED) is 0.476. The largest absolute Gasteiger partial charge is 0.487 e. The first-order valence-corrected chi connectivity index (χ1v) is 12.7. The maximum absolute atomic E-state index is 13.9. The highest BCUT2D eigenvalue weighted by molar-refractivity contribution is 5.99. The van der Waals surface area contributed by atoms with E-state index in [9.17, 15) is 19.1 Å². The minimum absolute atomic E-state index is 0.0265. The minimum atomic E-state index is -0.562. The maximum atomic E-state index is 13.9. The number of carbonyl (C=O) groups excluding carboxylic acids is 2. The molecule has 2 aromatic carbocycles. The van der Waals surface area contributed by atoms with Gasteiger partial charge in [0.05, 0.1) is 24.8 Å². The zero-order chi connectivity index (χ0) is 25.1. The Morgan fingerprint density at radius 3 is 2.64 bits per heavy atom. The molecule has 1 aliphatic carbocycles. The first-order chi connectivity index (χ1) is 17.5. The molecule has 0 aromatic heterocycles. The number of amides is 3. The molecule has 2 fully saturated rings. The number of aliphatic hydroxyl groups is 1. The molecular weight excluding hydrogens is 465 g/mol. The van der Waals surface area contributed by atoms with E-state index in [-0.39, 0.29) is 48.8 Å². The van der Waals surface area contributed by atoms with Crippen molar-refractivity contribution < 1.29 is 28.6 Å². The number of rotatable bonds is 6. The lowest BCUT2D eigenvalue weighted by molar-refractivity contribution is -0.142. The Morgan fingerprint density at radius 1 is 1.06 bits per heavy atom. The highest BCUT2D eigenvalue weighted by Crippen LogP contribution is 2.47. The van der Waals surface area contributed by atoms with Crippen molar-refractivity contribution in [3.8, 4) is 5.75 Å². The molecule has 2 heterocycles. The van der Waals surface area contributed by atoms with Gasteiger partial charge >= 0.3 is 6.03 Å². The lowest BCUT2D eigenvalue weighted by Gasteiger charge is -2.37. The van der Waals surface area contributed by atoms with E-state index < -0.39 is 18.0 Å². The standard InChI is InChI=1S/C27H32FN3O5/c28-21-8-4-5-9-22(21)31-27(34)30-17-10-11-23-19(12-17)20-13-18(35-24(15-32)26(20)36-23)14-25(33)29-16-6-2-1-3-7-16/h4-5,8-12,16,18,20,24,26,32H,1-3,6-7,13-15H2,(H,29,33)(H2,30,31,34)/t18-,20-,24+,26+/m0/s1. The van der Waals surface area contributed by atoms with Crippen molar-refractivity contribution in [2.75, 3.05) is 17.2 Å². The summed E-state index contributed by atoms with van der Waals surface area (Å²) in [6.07, 6.45) is 5.07. The third kappa shape index (κ3) is 5.47. The number of ether oxygens (including phenoxy) is 2. The smallest absolute Gasteiger partial charge is 0.323 e. The molecule has 0 bridgehead atoms. The highest BCUT2D eigenvalue weighted by Gasteiger charge is 2.46. The van der Waals surface area contributed by atoms with Crippen LogP contribution in [0.15, 0.2) is 42.5 Å². The van der Waals surface area contributed by atoms with Gasteiger partial charge in [-0.25, -0.2) is 9.18 Å². The van der Waals surface area contributed by atoms with Crippen molar-refractivity contribution in [1.29, 1.82) is 0 Å². The van der Waals surface area contributed by atoms with Crippen LogP contribution in [0.2, 0.25) is 0 Å². The summed E-state index contributed by atoms with van der Waals surface area (Å²) in [5, 5.41) is 18.4. The molecule has 4 N–H and O–H groups in total. The van der Waals surface area contributed by atoms with Crippen LogP contribution in [-0.4, -0.2) is 48.0 Å². The van der Waals surface area contributed by atoms with E-state index in [4.69, 9.17) is 9.47 Å². The van der Waals surface area contributed by atoms with Gasteiger partial charge in [0.2, 0.25) is 5.91 Å². The first kappa shape index (κ1) is 24.5. The zero-order valence-electron chi connectivity index (χ0n) is 20.0. The lowest BCUT2D eigenvalue weighted by atomic mass is 9.84. The van der Waals surface area contributed by atoms with Crippen molar-refractivity contribution in [3.05, 3.63) is 53.8 Å². The monoisotopic (exact) mass is 497 g/mol. The van der Waals surface area contributed by atoms with Gasteiger partial charge in [-0.05, 0) is 49.6 Å². The Labute approximate surface area is 209 Å². The molecule has 0 unspecified atom stereocenters. The average Bonchev–Trinajstić information content (AvgIpc) is 3.23. The van der Waals surface area contributed by atoms with Crippen LogP contribution in [0, 0.1) is 5.82 Å². The number of benzene rings is 2. The molecule has 5 rings (SSSR count). The summed E-state index contributed by atoms with van der Waals surface area (Å²) in [6, 6.07) is 10.9. The van der Waals surface area contributed by atoms with Crippen molar-refractivity contribution in [3.63, 3.8) is 0 Å². The first-order valence-electron chi connectivity index (χ1n) is 12.7. The molecule has 9 heteroatoms. The van der Waals surface area contributed by atoms with Crippen LogP contribution < -0.4 is 20.7 Å². The van der Waals surface area contributed by atoms with E-state index in [0.717, 1.165) is 31.2 Å². The topological polar surface area (TPSA) is 109 Å². The number of para-hydroxylation sites is 1. The van der Waals surface area contributed by atoms with Gasteiger partial charge in [0.1, 0.15) is 23.8 Å². The van der Waals surface area contributed by atoms with Crippen LogP contribution in [0.1, 0.15) is 56.4 Å². The van der Waals surface area contributed by atoms with E-state index in [2.05, 4.69) is 16.0 Å². The maximum Gasteiger partial charge on any atom is 0.323 e. The van der Waals surface area contributed by atoms with E-state index in [0.29, 0.717) is 17.9 Å². The van der Waals surface area contributed by atoms with Crippen LogP contribution in [0.5, 0.6) is 5.75 Å². The Hall–Kier alpha value is -3.17. The second kappa shape index (κ2) is 10.8. The van der Waals surface area contributed by atoms with Crippen LogP contribution in [0.4, 0.5) is 20.6 Å². The Bertz CT molecular complexity index is 1110. The number of halogens is 1. The van der Waals surface area contributed by atoms with Gasteiger partial charge in [-0.15, -0.1) is 0 Å². The number of urea groups is 1. The number of hydrogen-bond donors (Lipinski definition) is 4. The highest BCUT2D eigenvalue weighted by atomic mass is 19.1. The molecular formula is C27H32FN3O5. The van der Waals surface area contributed by atoms with Gasteiger partial charge in [-0.1, -0.05) is 31.4 Å². The number of nitrogens with one attached hydrogen (secondary N) is 3. The van der Waals surface area contributed by atoms with Gasteiger partial charge < -0.3 is 30.5 Å². The Kier molecular flexibility index (Phi) is 7.38. The predicted octanol–water partition coefficient (Wildman–Crippen LogP) is 4.30. The number of anilines is 2. The third-order valence-electron chi connectivity index (χ3n) is 7.26. The van der Waals surface area contributed by atoms with Gasteiger partial charge in [-0.2, -0.15) is 0 Å². The van der Waals surface area contributed by atoms with Crippen LogP contribution in [0.3, 0.4) is 0 Å². The van der Waals surface area contributed by atoms with E-state index in [1.54, 1.807) is 24.3 Å². The summed E-state index contributed by atoms with van der Waals surface area (Å²) >= 11 is 0. The lowest BCUT2D eigenvalue weighted by Crippen LogP contribution is -2.48. The molecule has 192 valence electrons. The normalized spacial score (nSPS) is 25.3. The van der Waals surface area contributed by atoms with Gasteiger partial charge in [0.15, 0.2) is 0 Å². The molecule has 2 aliphatic heterocycles. The van der Waals surface area contributed by atoms with Gasteiger partial charge in [0.25, 0.3) is 0 Å². The number of fused-ring (bicyclic) bond motifs is 3.